The standard InChI is InChI=1S/C9H11NOS2.C8H5F3O.CH5N/c11-13(10-5-2-6-10)9-4-1-3-8(12)7-9;9-8(10,11)7-4-2-1-3-6(7)5-12;1-2/h1,3-4,7,12H,2,5-6H2;1-5H;2H2,1H3. The number of aldehydes is 1. The Balaban J connectivity index is 0.000000248. The SMILES string of the molecule is CN.O=Cc1ccccc1C(F)(F)F.O=S(c1cccc(S)c1)N1CCC1. The summed E-state index contributed by atoms with van der Waals surface area (Å²) in [6.45, 7) is 1.90. The van der Waals surface area contributed by atoms with Crippen molar-refractivity contribution < 1.29 is 22.2 Å². The number of alkyl halides is 3. The molecule has 0 saturated carbocycles. The Labute approximate surface area is 164 Å². The predicted octanol–water partition coefficient (Wildman–Crippen LogP) is 3.80. The number of hydrogen-bond donors (Lipinski definition) is 2. The van der Waals surface area contributed by atoms with Crippen LogP contribution in [0.2, 0.25) is 0 Å². The Morgan fingerprint density at radius 1 is 1.11 bits per heavy atom. The zero-order valence-electron chi connectivity index (χ0n) is 14.6. The number of carbonyl (C=O) groups excluding carboxylic acids is 1. The molecule has 9 heteroatoms. The lowest BCUT2D eigenvalue weighted by Crippen LogP contribution is -2.38. The van der Waals surface area contributed by atoms with Crippen LogP contribution in [0.3, 0.4) is 0 Å². The number of nitrogens with two attached hydrogens (primary N) is 1. The van der Waals surface area contributed by atoms with E-state index in [4.69, 9.17) is 0 Å². The van der Waals surface area contributed by atoms with Gasteiger partial charge in [0.1, 0.15) is 11.0 Å². The van der Waals surface area contributed by atoms with Gasteiger partial charge in [-0.25, -0.2) is 8.51 Å². The van der Waals surface area contributed by atoms with Crippen molar-refractivity contribution in [1.82, 2.24) is 4.31 Å². The summed E-state index contributed by atoms with van der Waals surface area (Å²) in [6, 6.07) is 12.2. The van der Waals surface area contributed by atoms with Crippen molar-refractivity contribution in [2.24, 2.45) is 5.73 Å². The molecule has 3 rings (SSSR count). The molecule has 4 nitrogen and oxygen atoms in total. The predicted molar refractivity (Wildman–Crippen MR) is 103 cm³/mol. The number of benzene rings is 2. The van der Waals surface area contributed by atoms with E-state index in [0.717, 1.165) is 41.4 Å². The molecule has 27 heavy (non-hydrogen) atoms. The van der Waals surface area contributed by atoms with Crippen molar-refractivity contribution >= 4 is 29.9 Å². The quantitative estimate of drug-likeness (QED) is 0.589. The Morgan fingerprint density at radius 2 is 1.74 bits per heavy atom. The number of rotatable bonds is 3. The van der Waals surface area contributed by atoms with Gasteiger partial charge in [-0.05, 0) is 37.7 Å². The van der Waals surface area contributed by atoms with Crippen molar-refractivity contribution in [3.05, 3.63) is 59.7 Å². The Morgan fingerprint density at radius 3 is 2.19 bits per heavy atom. The number of nitrogens with zero attached hydrogens (tertiary/aromatic N) is 1. The van der Waals surface area contributed by atoms with Gasteiger partial charge in [-0.1, -0.05) is 24.3 Å². The molecule has 0 spiro atoms. The molecular formula is C18H21F3N2O2S2. The largest absolute Gasteiger partial charge is 0.417 e. The summed E-state index contributed by atoms with van der Waals surface area (Å²) in [7, 11) is 0.533. The third-order valence-electron chi connectivity index (χ3n) is 3.46. The van der Waals surface area contributed by atoms with E-state index < -0.39 is 22.7 Å². The lowest BCUT2D eigenvalue weighted by molar-refractivity contribution is -0.137. The fourth-order valence-electron chi connectivity index (χ4n) is 2.05. The average molecular weight is 419 g/mol. The molecule has 2 aromatic rings. The van der Waals surface area contributed by atoms with E-state index in [0.29, 0.717) is 0 Å². The number of carbonyl (C=O) groups is 1. The van der Waals surface area contributed by atoms with Crippen LogP contribution in [-0.4, -0.2) is 34.9 Å². The molecule has 1 saturated heterocycles. The van der Waals surface area contributed by atoms with Gasteiger partial charge in [0.05, 0.1) is 10.5 Å². The summed E-state index contributed by atoms with van der Waals surface area (Å²) in [5, 5.41) is 0. The molecule has 148 valence electrons. The molecule has 1 aliphatic heterocycles. The minimum absolute atomic E-state index is 0.197. The lowest BCUT2D eigenvalue weighted by Gasteiger charge is -2.28. The molecule has 2 aromatic carbocycles. The van der Waals surface area contributed by atoms with Crippen molar-refractivity contribution in [2.75, 3.05) is 20.1 Å². The highest BCUT2D eigenvalue weighted by Crippen LogP contribution is 2.30. The topological polar surface area (TPSA) is 63.4 Å². The van der Waals surface area contributed by atoms with Gasteiger partial charge >= 0.3 is 6.18 Å². The highest BCUT2D eigenvalue weighted by molar-refractivity contribution is 7.83. The number of halogens is 3. The first-order chi connectivity index (χ1) is 12.8. The van der Waals surface area contributed by atoms with E-state index in [9.17, 15) is 22.2 Å². The minimum atomic E-state index is -4.45. The normalized spacial score (nSPS) is 14.6. The first-order valence-electron chi connectivity index (χ1n) is 7.98. The van der Waals surface area contributed by atoms with Crippen LogP contribution in [0, 0.1) is 0 Å². The van der Waals surface area contributed by atoms with Crippen LogP contribution < -0.4 is 5.73 Å². The molecule has 1 unspecified atom stereocenters. The minimum Gasteiger partial charge on any atom is -0.333 e. The van der Waals surface area contributed by atoms with Crippen LogP contribution in [0.15, 0.2) is 58.3 Å². The summed E-state index contributed by atoms with van der Waals surface area (Å²) in [5.41, 5.74) is 3.28. The van der Waals surface area contributed by atoms with Crippen molar-refractivity contribution in [3.8, 4) is 0 Å². The van der Waals surface area contributed by atoms with Gasteiger partial charge in [-0.3, -0.25) is 4.79 Å². The van der Waals surface area contributed by atoms with E-state index >= 15 is 0 Å². The fourth-order valence-corrected chi connectivity index (χ4v) is 3.68. The zero-order chi connectivity index (χ0) is 20.4. The van der Waals surface area contributed by atoms with Crippen LogP contribution >= 0.6 is 12.6 Å². The van der Waals surface area contributed by atoms with Crippen molar-refractivity contribution in [2.45, 2.75) is 22.4 Å². The highest BCUT2D eigenvalue weighted by Gasteiger charge is 2.32. The van der Waals surface area contributed by atoms with E-state index in [1.54, 1.807) is 0 Å². The summed E-state index contributed by atoms with van der Waals surface area (Å²) >= 11 is 4.21. The maximum absolute atomic E-state index is 12.1. The molecule has 0 radical (unpaired) electrons. The second-order valence-corrected chi connectivity index (χ2v) is 7.23. The maximum Gasteiger partial charge on any atom is 0.417 e. The van der Waals surface area contributed by atoms with Crippen LogP contribution in [0.5, 0.6) is 0 Å². The molecule has 0 amide bonds. The smallest absolute Gasteiger partial charge is 0.333 e. The molecular weight excluding hydrogens is 397 g/mol. The van der Waals surface area contributed by atoms with Gasteiger partial charge in [-0.2, -0.15) is 13.2 Å². The van der Waals surface area contributed by atoms with E-state index in [-0.39, 0.29) is 11.8 Å². The van der Waals surface area contributed by atoms with Crippen molar-refractivity contribution in [1.29, 1.82) is 0 Å². The van der Waals surface area contributed by atoms with E-state index in [1.165, 1.54) is 19.2 Å². The zero-order valence-corrected chi connectivity index (χ0v) is 16.4. The van der Waals surface area contributed by atoms with Gasteiger partial charge in [0.15, 0.2) is 6.29 Å². The fraction of sp³-hybridized carbons (Fsp3) is 0.278. The summed E-state index contributed by atoms with van der Waals surface area (Å²) < 4.78 is 50.0. The monoisotopic (exact) mass is 418 g/mol. The van der Waals surface area contributed by atoms with Crippen LogP contribution in [0.4, 0.5) is 13.2 Å². The third kappa shape index (κ3) is 7.10. The maximum atomic E-state index is 12.1. The summed E-state index contributed by atoms with van der Waals surface area (Å²) in [6.07, 6.45) is -3.09. The second-order valence-electron chi connectivity index (χ2n) is 5.23. The Hall–Kier alpha value is -1.68. The van der Waals surface area contributed by atoms with E-state index in [2.05, 4.69) is 18.4 Å². The molecule has 1 heterocycles. The number of hydrogen-bond acceptors (Lipinski definition) is 4. The lowest BCUT2D eigenvalue weighted by atomic mass is 10.1. The van der Waals surface area contributed by atoms with Gasteiger partial charge in [0.25, 0.3) is 0 Å². The third-order valence-corrected chi connectivity index (χ3v) is 5.23. The molecule has 0 bridgehead atoms. The molecule has 2 N–H and O–H groups in total. The molecule has 1 fully saturated rings. The molecule has 0 aromatic heterocycles. The van der Waals surface area contributed by atoms with Gasteiger partial charge in [-0.15, -0.1) is 12.6 Å². The number of thiol groups is 1. The van der Waals surface area contributed by atoms with Gasteiger partial charge in [0.2, 0.25) is 0 Å². The molecule has 0 aliphatic carbocycles. The van der Waals surface area contributed by atoms with Crippen LogP contribution in [0.25, 0.3) is 0 Å². The Kier molecular flexibility index (Phi) is 9.71. The van der Waals surface area contributed by atoms with E-state index in [1.807, 2.05) is 28.6 Å². The average Bonchev–Trinajstić information content (AvgIpc) is 2.62. The summed E-state index contributed by atoms with van der Waals surface area (Å²) in [4.78, 5) is 11.9. The van der Waals surface area contributed by atoms with Crippen LogP contribution in [-0.2, 0) is 17.2 Å². The van der Waals surface area contributed by atoms with Gasteiger partial charge in [0, 0.05) is 23.5 Å². The summed E-state index contributed by atoms with van der Waals surface area (Å²) in [5.74, 6) is 0. The van der Waals surface area contributed by atoms with Crippen LogP contribution in [0.1, 0.15) is 22.3 Å². The van der Waals surface area contributed by atoms with Crippen molar-refractivity contribution in [3.63, 3.8) is 0 Å². The Bertz CT molecular complexity index is 766. The highest BCUT2D eigenvalue weighted by atomic mass is 32.2. The first-order valence-corrected chi connectivity index (χ1v) is 9.53. The molecule has 1 aliphatic rings. The molecule has 1 atom stereocenters. The van der Waals surface area contributed by atoms with Gasteiger partial charge < -0.3 is 5.73 Å². The second kappa shape index (κ2) is 11.2. The first kappa shape index (κ1) is 23.4.